The summed E-state index contributed by atoms with van der Waals surface area (Å²) in [7, 11) is 3.22. The van der Waals surface area contributed by atoms with Crippen molar-refractivity contribution in [3.63, 3.8) is 0 Å². The summed E-state index contributed by atoms with van der Waals surface area (Å²) in [6, 6.07) is 14.4. The van der Waals surface area contributed by atoms with E-state index in [1.807, 2.05) is 35.2 Å². The van der Waals surface area contributed by atoms with Crippen molar-refractivity contribution in [2.24, 2.45) is 0 Å². The number of likely N-dealkylation sites (N-methyl/N-ethyl adjacent to an activating group) is 1. The quantitative estimate of drug-likeness (QED) is 0.737. The fraction of sp³-hybridized carbons (Fsp3) is 0.417. The van der Waals surface area contributed by atoms with Crippen molar-refractivity contribution >= 4 is 11.8 Å². The lowest BCUT2D eigenvalue weighted by Gasteiger charge is -2.31. The zero-order chi connectivity index (χ0) is 22.4. The lowest BCUT2D eigenvalue weighted by Crippen LogP contribution is -2.40. The van der Waals surface area contributed by atoms with Crippen LogP contribution in [0.3, 0.4) is 0 Å². The minimum absolute atomic E-state index is 0.0486. The molecule has 0 aromatic heterocycles. The van der Waals surface area contributed by atoms with Gasteiger partial charge >= 0.3 is 0 Å². The number of hydrogen-bond acceptors (Lipinski definition) is 5. The van der Waals surface area contributed by atoms with Crippen LogP contribution in [0.5, 0.6) is 11.5 Å². The minimum Gasteiger partial charge on any atom is -0.493 e. The van der Waals surface area contributed by atoms with E-state index in [0.717, 1.165) is 18.4 Å². The third kappa shape index (κ3) is 5.76. The molecule has 2 amide bonds. The summed E-state index contributed by atoms with van der Waals surface area (Å²) in [6.45, 7) is 3.06. The molecule has 31 heavy (non-hydrogen) atoms. The maximum absolute atomic E-state index is 12.9. The van der Waals surface area contributed by atoms with Crippen molar-refractivity contribution in [2.45, 2.75) is 32.0 Å². The molecule has 0 saturated carbocycles. The first kappa shape index (κ1) is 22.6. The van der Waals surface area contributed by atoms with Gasteiger partial charge in [-0.25, -0.2) is 0 Å². The summed E-state index contributed by atoms with van der Waals surface area (Å²) in [5.74, 6) is 0.919. The second-order valence-corrected chi connectivity index (χ2v) is 7.80. The molecule has 2 aromatic carbocycles. The first-order chi connectivity index (χ1) is 14.9. The van der Waals surface area contributed by atoms with Gasteiger partial charge in [0, 0.05) is 45.5 Å². The van der Waals surface area contributed by atoms with Crippen LogP contribution in [0.1, 0.15) is 41.8 Å². The van der Waals surface area contributed by atoms with E-state index >= 15 is 0 Å². The van der Waals surface area contributed by atoms with Gasteiger partial charge in [0.2, 0.25) is 5.91 Å². The SMILES string of the molecule is COc1ccc(C(=O)N(C)CC(O)c2ccccc2)cc1OC1CCN(C(C)=O)CC1. The van der Waals surface area contributed by atoms with Crippen LogP contribution in [0, 0.1) is 0 Å². The average Bonchev–Trinajstić information content (AvgIpc) is 2.79. The maximum atomic E-state index is 12.9. The van der Waals surface area contributed by atoms with Crippen molar-refractivity contribution in [1.29, 1.82) is 0 Å². The van der Waals surface area contributed by atoms with E-state index < -0.39 is 6.10 Å². The van der Waals surface area contributed by atoms with Gasteiger partial charge in [0.25, 0.3) is 5.91 Å². The predicted octanol–water partition coefficient (Wildman–Crippen LogP) is 2.89. The van der Waals surface area contributed by atoms with Gasteiger partial charge in [-0.2, -0.15) is 0 Å². The molecule has 1 unspecified atom stereocenters. The zero-order valence-electron chi connectivity index (χ0n) is 18.3. The molecule has 0 radical (unpaired) electrons. The summed E-state index contributed by atoms with van der Waals surface area (Å²) in [5.41, 5.74) is 1.22. The molecule has 1 aliphatic heterocycles. The molecule has 0 bridgehead atoms. The van der Waals surface area contributed by atoms with Crippen molar-refractivity contribution in [1.82, 2.24) is 9.80 Å². The number of ether oxygens (including phenoxy) is 2. The fourth-order valence-electron chi connectivity index (χ4n) is 3.71. The van der Waals surface area contributed by atoms with Crippen molar-refractivity contribution in [2.75, 3.05) is 33.8 Å². The number of carbonyl (C=O) groups is 2. The van der Waals surface area contributed by atoms with Crippen LogP contribution in [0.2, 0.25) is 0 Å². The molecule has 0 spiro atoms. The summed E-state index contributed by atoms with van der Waals surface area (Å²) in [5, 5.41) is 10.4. The van der Waals surface area contributed by atoms with Crippen LogP contribution in [0.15, 0.2) is 48.5 Å². The largest absolute Gasteiger partial charge is 0.493 e. The van der Waals surface area contributed by atoms with Gasteiger partial charge in [0.05, 0.1) is 19.8 Å². The molecule has 2 aromatic rings. The molecular weight excluding hydrogens is 396 g/mol. The summed E-state index contributed by atoms with van der Waals surface area (Å²) in [6.07, 6.45) is 0.636. The average molecular weight is 427 g/mol. The van der Waals surface area contributed by atoms with Crippen LogP contribution in [0.25, 0.3) is 0 Å². The van der Waals surface area contributed by atoms with Crippen molar-refractivity contribution < 1.29 is 24.2 Å². The number of likely N-dealkylation sites (tertiary alicyclic amines) is 1. The van der Waals surface area contributed by atoms with Gasteiger partial charge in [0.15, 0.2) is 11.5 Å². The zero-order valence-corrected chi connectivity index (χ0v) is 18.3. The monoisotopic (exact) mass is 426 g/mol. The third-order valence-corrected chi connectivity index (χ3v) is 5.57. The number of nitrogens with zero attached hydrogens (tertiary/aromatic N) is 2. The van der Waals surface area contributed by atoms with E-state index in [2.05, 4.69) is 0 Å². The smallest absolute Gasteiger partial charge is 0.253 e. The Labute approximate surface area is 183 Å². The highest BCUT2D eigenvalue weighted by molar-refractivity contribution is 5.94. The molecule has 1 N–H and O–H groups in total. The van der Waals surface area contributed by atoms with Crippen LogP contribution in [0.4, 0.5) is 0 Å². The van der Waals surface area contributed by atoms with E-state index in [1.54, 1.807) is 39.3 Å². The Hall–Kier alpha value is -3.06. The van der Waals surface area contributed by atoms with E-state index in [4.69, 9.17) is 9.47 Å². The normalized spacial score (nSPS) is 15.3. The lowest BCUT2D eigenvalue weighted by atomic mass is 10.1. The molecule has 3 rings (SSSR count). The second-order valence-electron chi connectivity index (χ2n) is 7.80. The Kier molecular flexibility index (Phi) is 7.52. The van der Waals surface area contributed by atoms with Gasteiger partial charge in [0.1, 0.15) is 6.10 Å². The number of carbonyl (C=O) groups excluding carboxylic acids is 2. The highest BCUT2D eigenvalue weighted by Gasteiger charge is 2.24. The first-order valence-electron chi connectivity index (χ1n) is 10.5. The van der Waals surface area contributed by atoms with Gasteiger partial charge < -0.3 is 24.4 Å². The van der Waals surface area contributed by atoms with E-state index in [1.165, 1.54) is 4.90 Å². The molecule has 1 aliphatic rings. The number of piperidine rings is 1. The number of benzene rings is 2. The third-order valence-electron chi connectivity index (χ3n) is 5.57. The molecule has 1 fully saturated rings. The second kappa shape index (κ2) is 10.3. The minimum atomic E-state index is -0.768. The van der Waals surface area contributed by atoms with Crippen LogP contribution in [-0.2, 0) is 4.79 Å². The predicted molar refractivity (Wildman–Crippen MR) is 117 cm³/mol. The summed E-state index contributed by atoms with van der Waals surface area (Å²) in [4.78, 5) is 27.8. The molecule has 7 nitrogen and oxygen atoms in total. The number of aliphatic hydroxyl groups excluding tert-OH is 1. The standard InChI is InChI=1S/C24H30N2O5/c1-17(27)26-13-11-20(12-14-26)31-23-15-19(9-10-22(23)30-3)24(29)25(2)16-21(28)18-7-5-4-6-8-18/h4-10,15,20-21,28H,11-14,16H2,1-3H3. The van der Waals surface area contributed by atoms with E-state index in [-0.39, 0.29) is 24.5 Å². The van der Waals surface area contributed by atoms with Gasteiger partial charge in [-0.1, -0.05) is 30.3 Å². The Morgan fingerprint density at radius 3 is 2.42 bits per heavy atom. The molecule has 7 heteroatoms. The Balaban J connectivity index is 1.67. The summed E-state index contributed by atoms with van der Waals surface area (Å²) < 4.78 is 11.6. The highest BCUT2D eigenvalue weighted by Crippen LogP contribution is 2.31. The highest BCUT2D eigenvalue weighted by atomic mass is 16.5. The van der Waals surface area contributed by atoms with Crippen LogP contribution in [-0.4, -0.2) is 66.6 Å². The number of aliphatic hydroxyl groups is 1. The molecular formula is C24H30N2O5. The maximum Gasteiger partial charge on any atom is 0.253 e. The molecule has 166 valence electrons. The van der Waals surface area contributed by atoms with Crippen LogP contribution < -0.4 is 9.47 Å². The molecule has 1 saturated heterocycles. The molecule has 1 atom stereocenters. The number of rotatable bonds is 7. The Morgan fingerprint density at radius 2 is 1.81 bits per heavy atom. The number of hydrogen-bond donors (Lipinski definition) is 1. The molecule has 1 heterocycles. The van der Waals surface area contributed by atoms with Gasteiger partial charge in [-0.05, 0) is 23.8 Å². The van der Waals surface area contributed by atoms with Gasteiger partial charge in [-0.3, -0.25) is 9.59 Å². The summed E-state index contributed by atoms with van der Waals surface area (Å²) >= 11 is 0. The topological polar surface area (TPSA) is 79.3 Å². The molecule has 0 aliphatic carbocycles. The first-order valence-corrected chi connectivity index (χ1v) is 10.5. The lowest BCUT2D eigenvalue weighted by molar-refractivity contribution is -0.130. The van der Waals surface area contributed by atoms with Crippen molar-refractivity contribution in [3.8, 4) is 11.5 Å². The van der Waals surface area contributed by atoms with E-state index in [0.29, 0.717) is 30.2 Å². The number of methoxy groups -OCH3 is 1. The Morgan fingerprint density at radius 1 is 1.13 bits per heavy atom. The number of amides is 2. The van der Waals surface area contributed by atoms with Gasteiger partial charge in [-0.15, -0.1) is 0 Å². The van der Waals surface area contributed by atoms with Crippen molar-refractivity contribution in [3.05, 3.63) is 59.7 Å². The Bertz CT molecular complexity index is 894. The fourth-order valence-corrected chi connectivity index (χ4v) is 3.71. The van der Waals surface area contributed by atoms with Crippen LogP contribution >= 0.6 is 0 Å². The van der Waals surface area contributed by atoms with E-state index in [9.17, 15) is 14.7 Å².